The lowest BCUT2D eigenvalue weighted by atomic mass is 10.2. The maximum atomic E-state index is 13.7. The SMILES string of the molecule is COc1ccc(S(=O)(=O)N2CCOCC2)cc1NC(=O)CN(c1cc(Cl)cc(Cl)c1)S(=O)(=O)c1ccc(C)cc1. The van der Waals surface area contributed by atoms with Crippen molar-refractivity contribution in [3.8, 4) is 5.75 Å². The average molecular weight is 629 g/mol. The summed E-state index contributed by atoms with van der Waals surface area (Å²) >= 11 is 12.3. The predicted molar refractivity (Wildman–Crippen MR) is 153 cm³/mol. The molecule has 0 unspecified atom stereocenters. The molecule has 0 bridgehead atoms. The number of benzene rings is 3. The lowest BCUT2D eigenvalue weighted by molar-refractivity contribution is -0.114. The molecule has 1 aliphatic rings. The first-order chi connectivity index (χ1) is 18.9. The van der Waals surface area contributed by atoms with E-state index in [1.165, 1.54) is 59.9 Å². The van der Waals surface area contributed by atoms with Crippen molar-refractivity contribution in [3.05, 3.63) is 76.3 Å². The first-order valence-corrected chi connectivity index (χ1v) is 15.7. The van der Waals surface area contributed by atoms with Crippen molar-refractivity contribution in [1.29, 1.82) is 0 Å². The molecule has 3 aromatic carbocycles. The number of ether oxygens (including phenoxy) is 2. The molecule has 1 fully saturated rings. The average Bonchev–Trinajstić information content (AvgIpc) is 2.91. The third kappa shape index (κ3) is 6.70. The Balaban J connectivity index is 1.68. The standard InChI is InChI=1S/C26H27Cl2N3O7S2/c1-18-3-5-22(6-4-18)40(35,36)31(21-14-19(27)13-20(28)15-21)17-26(32)29-24-16-23(7-8-25(24)37-2)39(33,34)30-9-11-38-12-10-30/h3-8,13-16H,9-12,17H2,1-2H3,(H,29,32). The highest BCUT2D eigenvalue weighted by Crippen LogP contribution is 2.32. The fourth-order valence-corrected chi connectivity index (χ4v) is 7.39. The monoisotopic (exact) mass is 627 g/mol. The van der Waals surface area contributed by atoms with Crippen LogP contribution in [-0.4, -0.2) is 67.0 Å². The van der Waals surface area contributed by atoms with Crippen LogP contribution in [0.5, 0.6) is 5.75 Å². The van der Waals surface area contributed by atoms with Crippen molar-refractivity contribution in [2.75, 3.05) is 49.6 Å². The maximum Gasteiger partial charge on any atom is 0.264 e. The van der Waals surface area contributed by atoms with Gasteiger partial charge in [0.15, 0.2) is 0 Å². The zero-order valence-corrected chi connectivity index (χ0v) is 24.8. The third-order valence-electron chi connectivity index (χ3n) is 6.08. The van der Waals surface area contributed by atoms with Crippen LogP contribution in [-0.2, 0) is 29.6 Å². The van der Waals surface area contributed by atoms with Crippen molar-refractivity contribution >= 4 is 60.5 Å². The Morgan fingerprint density at radius 3 is 2.15 bits per heavy atom. The molecule has 0 spiro atoms. The summed E-state index contributed by atoms with van der Waals surface area (Å²) in [6.45, 7) is 2.10. The number of anilines is 2. The number of amides is 1. The number of halogens is 2. The Morgan fingerprint density at radius 2 is 1.55 bits per heavy atom. The van der Waals surface area contributed by atoms with Crippen molar-refractivity contribution in [2.45, 2.75) is 16.7 Å². The summed E-state index contributed by atoms with van der Waals surface area (Å²) in [5.74, 6) is -0.570. The predicted octanol–water partition coefficient (Wildman–Crippen LogP) is 4.17. The second-order valence-electron chi connectivity index (χ2n) is 8.88. The molecule has 14 heteroatoms. The van der Waals surface area contributed by atoms with Crippen LogP contribution in [0, 0.1) is 6.92 Å². The Hall–Kier alpha value is -2.87. The van der Waals surface area contributed by atoms with E-state index in [0.717, 1.165) is 9.87 Å². The van der Waals surface area contributed by atoms with Gasteiger partial charge in [-0.3, -0.25) is 9.10 Å². The van der Waals surface area contributed by atoms with Gasteiger partial charge < -0.3 is 14.8 Å². The Bertz CT molecular complexity index is 1590. The van der Waals surface area contributed by atoms with Crippen molar-refractivity contribution in [2.24, 2.45) is 0 Å². The zero-order chi connectivity index (χ0) is 29.1. The van der Waals surface area contributed by atoms with Gasteiger partial charge in [-0.15, -0.1) is 0 Å². The van der Waals surface area contributed by atoms with Gasteiger partial charge in [-0.05, 0) is 55.5 Å². The minimum Gasteiger partial charge on any atom is -0.495 e. The van der Waals surface area contributed by atoms with Crippen molar-refractivity contribution < 1.29 is 31.1 Å². The normalized spacial score (nSPS) is 14.5. The van der Waals surface area contributed by atoms with Gasteiger partial charge in [0.25, 0.3) is 10.0 Å². The first-order valence-electron chi connectivity index (χ1n) is 12.0. The minimum atomic E-state index is -4.24. The lowest BCUT2D eigenvalue weighted by Crippen LogP contribution is -2.40. The Kier molecular flexibility index (Phi) is 9.28. The molecule has 1 aliphatic heterocycles. The van der Waals surface area contributed by atoms with E-state index < -0.39 is 32.5 Å². The van der Waals surface area contributed by atoms with Gasteiger partial charge in [0.1, 0.15) is 12.3 Å². The molecule has 1 amide bonds. The highest BCUT2D eigenvalue weighted by Gasteiger charge is 2.30. The number of sulfonamides is 2. The van der Waals surface area contributed by atoms with E-state index in [1.54, 1.807) is 12.1 Å². The molecule has 4 rings (SSSR count). The van der Waals surface area contributed by atoms with Crippen LogP contribution < -0.4 is 14.4 Å². The van der Waals surface area contributed by atoms with Crippen LogP contribution in [0.25, 0.3) is 0 Å². The van der Waals surface area contributed by atoms with Crippen molar-refractivity contribution in [3.63, 3.8) is 0 Å². The van der Waals surface area contributed by atoms with Gasteiger partial charge >= 0.3 is 0 Å². The summed E-state index contributed by atoms with van der Waals surface area (Å²) in [6.07, 6.45) is 0. The van der Waals surface area contributed by atoms with Gasteiger partial charge in [-0.25, -0.2) is 16.8 Å². The topological polar surface area (TPSA) is 122 Å². The number of morpholine rings is 1. The summed E-state index contributed by atoms with van der Waals surface area (Å²) in [6, 6.07) is 14.4. The van der Waals surface area contributed by atoms with Crippen LogP contribution in [0.4, 0.5) is 11.4 Å². The number of carbonyl (C=O) groups excluding carboxylic acids is 1. The fraction of sp³-hybridized carbons (Fsp3) is 0.269. The number of hydrogen-bond acceptors (Lipinski definition) is 7. The molecule has 0 aromatic heterocycles. The number of methoxy groups -OCH3 is 1. The van der Waals surface area contributed by atoms with Crippen LogP contribution in [0.3, 0.4) is 0 Å². The third-order valence-corrected chi connectivity index (χ3v) is 10.2. The van der Waals surface area contributed by atoms with E-state index in [1.807, 2.05) is 6.92 Å². The molecular weight excluding hydrogens is 601 g/mol. The molecule has 40 heavy (non-hydrogen) atoms. The number of hydrogen-bond donors (Lipinski definition) is 1. The second-order valence-corrected chi connectivity index (χ2v) is 13.6. The summed E-state index contributed by atoms with van der Waals surface area (Å²) in [5, 5.41) is 2.95. The van der Waals surface area contributed by atoms with Crippen LogP contribution >= 0.6 is 23.2 Å². The van der Waals surface area contributed by atoms with Crippen molar-refractivity contribution in [1.82, 2.24) is 4.31 Å². The van der Waals surface area contributed by atoms with E-state index in [9.17, 15) is 21.6 Å². The molecule has 0 saturated carbocycles. The molecule has 1 heterocycles. The lowest BCUT2D eigenvalue weighted by Gasteiger charge is -2.26. The van der Waals surface area contributed by atoms with E-state index in [-0.39, 0.29) is 63.3 Å². The molecule has 1 N–H and O–H groups in total. The summed E-state index contributed by atoms with van der Waals surface area (Å²) in [5.41, 5.74) is 0.982. The Labute approximate surface area is 243 Å². The molecule has 0 atom stereocenters. The largest absolute Gasteiger partial charge is 0.495 e. The highest BCUT2D eigenvalue weighted by atomic mass is 35.5. The van der Waals surface area contributed by atoms with Gasteiger partial charge in [0.05, 0.1) is 41.5 Å². The van der Waals surface area contributed by atoms with E-state index in [2.05, 4.69) is 5.32 Å². The Morgan fingerprint density at radius 1 is 0.950 bits per heavy atom. The van der Waals surface area contributed by atoms with E-state index >= 15 is 0 Å². The highest BCUT2D eigenvalue weighted by molar-refractivity contribution is 7.92. The number of aryl methyl sites for hydroxylation is 1. The van der Waals surface area contributed by atoms with E-state index in [4.69, 9.17) is 32.7 Å². The second kappa shape index (κ2) is 12.3. The molecule has 10 nitrogen and oxygen atoms in total. The van der Waals surface area contributed by atoms with Crippen LogP contribution in [0.2, 0.25) is 10.0 Å². The summed E-state index contributed by atoms with van der Waals surface area (Å²) in [7, 11) is -6.75. The van der Waals surface area contributed by atoms with E-state index in [0.29, 0.717) is 0 Å². The quantitative estimate of drug-likeness (QED) is 0.378. The number of nitrogens with one attached hydrogen (secondary N) is 1. The van der Waals surface area contributed by atoms with Gasteiger partial charge in [0.2, 0.25) is 15.9 Å². The molecule has 3 aromatic rings. The molecule has 0 radical (unpaired) electrons. The zero-order valence-electron chi connectivity index (χ0n) is 21.6. The van der Waals surface area contributed by atoms with Gasteiger partial charge in [-0.2, -0.15) is 4.31 Å². The fourth-order valence-electron chi connectivity index (χ4n) is 4.04. The number of nitrogens with zero attached hydrogens (tertiary/aromatic N) is 2. The molecule has 214 valence electrons. The summed E-state index contributed by atoms with van der Waals surface area (Å²) in [4.78, 5) is 13.2. The van der Waals surface area contributed by atoms with Gasteiger partial charge in [0, 0.05) is 23.1 Å². The minimum absolute atomic E-state index is 0.0434. The maximum absolute atomic E-state index is 13.7. The van der Waals surface area contributed by atoms with Crippen LogP contribution in [0.1, 0.15) is 5.56 Å². The molecule has 1 saturated heterocycles. The molecule has 0 aliphatic carbocycles. The van der Waals surface area contributed by atoms with Gasteiger partial charge in [-0.1, -0.05) is 40.9 Å². The number of carbonyl (C=O) groups is 1. The smallest absolute Gasteiger partial charge is 0.264 e. The first kappa shape index (κ1) is 30.1. The number of rotatable bonds is 9. The van der Waals surface area contributed by atoms with Crippen LogP contribution in [0.15, 0.2) is 70.5 Å². The molecular formula is C26H27Cl2N3O7S2. The summed E-state index contributed by atoms with van der Waals surface area (Å²) < 4.78 is 66.4.